The van der Waals surface area contributed by atoms with Crippen LogP contribution in [0.5, 0.6) is 5.75 Å². The van der Waals surface area contributed by atoms with Crippen molar-refractivity contribution in [2.24, 2.45) is 0 Å². The van der Waals surface area contributed by atoms with Gasteiger partial charge in [-0.1, -0.05) is 20.3 Å². The van der Waals surface area contributed by atoms with E-state index >= 15 is 0 Å². The first-order chi connectivity index (χ1) is 9.21. The third-order valence-electron chi connectivity index (χ3n) is 2.98. The van der Waals surface area contributed by atoms with Crippen molar-refractivity contribution in [3.8, 4) is 5.75 Å². The van der Waals surface area contributed by atoms with Gasteiger partial charge in [0, 0.05) is 24.4 Å². The van der Waals surface area contributed by atoms with Crippen molar-refractivity contribution < 1.29 is 14.6 Å². The summed E-state index contributed by atoms with van der Waals surface area (Å²) >= 11 is 0. The molecule has 0 saturated heterocycles. The second-order valence-electron chi connectivity index (χ2n) is 4.57. The highest BCUT2D eigenvalue weighted by molar-refractivity contribution is 5.80. The molecular formula is C15H23NO3. The van der Waals surface area contributed by atoms with Gasteiger partial charge < -0.3 is 15.2 Å². The number of unbranched alkanes of at least 4 members (excludes halogenated alkanes) is 1. The van der Waals surface area contributed by atoms with Gasteiger partial charge in [-0.2, -0.15) is 0 Å². The summed E-state index contributed by atoms with van der Waals surface area (Å²) in [6.45, 7) is 5.65. The van der Waals surface area contributed by atoms with Gasteiger partial charge >= 0.3 is 0 Å². The lowest BCUT2D eigenvalue weighted by Gasteiger charge is -2.18. The average Bonchev–Trinajstić information content (AvgIpc) is 2.42. The molecule has 0 aliphatic carbocycles. The van der Waals surface area contributed by atoms with Crippen molar-refractivity contribution >= 4 is 12.0 Å². The third-order valence-corrected chi connectivity index (χ3v) is 2.98. The predicted molar refractivity (Wildman–Crippen MR) is 76.9 cm³/mol. The van der Waals surface area contributed by atoms with Gasteiger partial charge in [-0.3, -0.25) is 4.79 Å². The van der Waals surface area contributed by atoms with Crippen molar-refractivity contribution in [2.45, 2.75) is 39.2 Å². The van der Waals surface area contributed by atoms with E-state index in [1.807, 2.05) is 0 Å². The second kappa shape index (κ2) is 8.53. The monoisotopic (exact) mass is 265 g/mol. The topological polar surface area (TPSA) is 58.6 Å². The maximum Gasteiger partial charge on any atom is 0.153 e. The first kappa shape index (κ1) is 15.5. The molecule has 0 bridgehead atoms. The van der Waals surface area contributed by atoms with Crippen LogP contribution in [-0.2, 0) is 4.74 Å². The Morgan fingerprint density at radius 2 is 2.21 bits per heavy atom. The number of carbonyl (C=O) groups is 1. The van der Waals surface area contributed by atoms with E-state index in [0.29, 0.717) is 18.5 Å². The first-order valence-corrected chi connectivity index (χ1v) is 6.83. The van der Waals surface area contributed by atoms with E-state index in [4.69, 9.17) is 4.74 Å². The summed E-state index contributed by atoms with van der Waals surface area (Å²) in [4.78, 5) is 10.6. The average molecular weight is 265 g/mol. The number of benzene rings is 1. The van der Waals surface area contributed by atoms with Crippen molar-refractivity contribution in [1.82, 2.24) is 0 Å². The molecule has 19 heavy (non-hydrogen) atoms. The highest BCUT2D eigenvalue weighted by atomic mass is 16.5. The molecule has 1 atom stereocenters. The molecule has 0 radical (unpaired) electrons. The van der Waals surface area contributed by atoms with Crippen LogP contribution in [0, 0.1) is 0 Å². The van der Waals surface area contributed by atoms with E-state index in [1.54, 1.807) is 18.2 Å². The van der Waals surface area contributed by atoms with Crippen LogP contribution in [0.1, 0.15) is 43.5 Å². The SMILES string of the molecule is CCCCOCC(CC)Nc1ccc(C=O)c(O)c1. The second-order valence-corrected chi connectivity index (χ2v) is 4.57. The number of hydrogen-bond donors (Lipinski definition) is 2. The Kier molecular flexibility index (Phi) is 6.97. The third kappa shape index (κ3) is 5.30. The molecular weight excluding hydrogens is 242 g/mol. The fourth-order valence-corrected chi connectivity index (χ4v) is 1.70. The number of nitrogens with one attached hydrogen (secondary N) is 1. The summed E-state index contributed by atoms with van der Waals surface area (Å²) in [6.07, 6.45) is 3.78. The Labute approximate surface area is 114 Å². The maximum absolute atomic E-state index is 10.6. The summed E-state index contributed by atoms with van der Waals surface area (Å²) in [5.74, 6) is 0.00162. The quantitative estimate of drug-likeness (QED) is 0.531. The fraction of sp³-hybridized carbons (Fsp3) is 0.533. The molecule has 0 aliphatic heterocycles. The van der Waals surface area contributed by atoms with E-state index in [1.165, 1.54) is 0 Å². The summed E-state index contributed by atoms with van der Waals surface area (Å²) in [5, 5.41) is 12.9. The number of aldehydes is 1. The van der Waals surface area contributed by atoms with Gasteiger partial charge in [0.15, 0.2) is 6.29 Å². The molecule has 4 heteroatoms. The fourth-order valence-electron chi connectivity index (χ4n) is 1.70. The lowest BCUT2D eigenvalue weighted by molar-refractivity contribution is 0.112. The number of phenolic OH excluding ortho intramolecular Hbond substituents is 1. The molecule has 4 nitrogen and oxygen atoms in total. The van der Waals surface area contributed by atoms with Gasteiger partial charge in [-0.15, -0.1) is 0 Å². The number of anilines is 1. The van der Waals surface area contributed by atoms with Gasteiger partial charge in [0.2, 0.25) is 0 Å². The Morgan fingerprint density at radius 3 is 2.79 bits per heavy atom. The van der Waals surface area contributed by atoms with E-state index < -0.39 is 0 Å². The number of aromatic hydroxyl groups is 1. The van der Waals surface area contributed by atoms with Crippen LogP contribution in [0.15, 0.2) is 18.2 Å². The lowest BCUT2D eigenvalue weighted by atomic mass is 10.1. The molecule has 1 aromatic carbocycles. The van der Waals surface area contributed by atoms with Crippen molar-refractivity contribution in [1.29, 1.82) is 0 Å². The summed E-state index contributed by atoms with van der Waals surface area (Å²) < 4.78 is 5.59. The minimum atomic E-state index is 0.00162. The van der Waals surface area contributed by atoms with E-state index in [9.17, 15) is 9.90 Å². The van der Waals surface area contributed by atoms with E-state index in [2.05, 4.69) is 19.2 Å². The normalized spacial score (nSPS) is 12.1. The minimum Gasteiger partial charge on any atom is -0.507 e. The Balaban J connectivity index is 2.50. The number of ether oxygens (including phenoxy) is 1. The zero-order valence-electron chi connectivity index (χ0n) is 11.7. The summed E-state index contributed by atoms with van der Waals surface area (Å²) in [7, 11) is 0. The van der Waals surface area contributed by atoms with Crippen LogP contribution < -0.4 is 5.32 Å². The van der Waals surface area contributed by atoms with Crippen molar-refractivity contribution in [3.05, 3.63) is 23.8 Å². The number of hydrogen-bond acceptors (Lipinski definition) is 4. The number of rotatable bonds is 9. The van der Waals surface area contributed by atoms with Gasteiger partial charge in [-0.25, -0.2) is 0 Å². The Hall–Kier alpha value is -1.55. The van der Waals surface area contributed by atoms with Crippen LogP contribution in [-0.4, -0.2) is 30.6 Å². The van der Waals surface area contributed by atoms with Gasteiger partial charge in [0.25, 0.3) is 0 Å². The van der Waals surface area contributed by atoms with E-state index in [0.717, 1.165) is 31.6 Å². The van der Waals surface area contributed by atoms with E-state index in [-0.39, 0.29) is 11.8 Å². The molecule has 1 rings (SSSR count). The van der Waals surface area contributed by atoms with Crippen LogP contribution >= 0.6 is 0 Å². The molecule has 1 unspecified atom stereocenters. The highest BCUT2D eigenvalue weighted by Gasteiger charge is 2.08. The Bertz CT molecular complexity index is 393. The zero-order chi connectivity index (χ0) is 14.1. The molecule has 106 valence electrons. The number of phenols is 1. The predicted octanol–water partition coefficient (Wildman–Crippen LogP) is 3.21. The Morgan fingerprint density at radius 1 is 1.42 bits per heavy atom. The molecule has 1 aromatic rings. The minimum absolute atomic E-state index is 0.00162. The molecule has 0 fully saturated rings. The summed E-state index contributed by atoms with van der Waals surface area (Å²) in [6, 6.07) is 5.17. The highest BCUT2D eigenvalue weighted by Crippen LogP contribution is 2.21. The van der Waals surface area contributed by atoms with Gasteiger partial charge in [-0.05, 0) is 25.0 Å². The van der Waals surface area contributed by atoms with Crippen LogP contribution in [0.3, 0.4) is 0 Å². The van der Waals surface area contributed by atoms with Crippen molar-refractivity contribution in [2.75, 3.05) is 18.5 Å². The lowest BCUT2D eigenvalue weighted by Crippen LogP contribution is -2.24. The number of carbonyl (C=O) groups excluding carboxylic acids is 1. The first-order valence-electron chi connectivity index (χ1n) is 6.83. The summed E-state index contributed by atoms with van der Waals surface area (Å²) in [5.41, 5.74) is 1.10. The molecule has 0 amide bonds. The zero-order valence-corrected chi connectivity index (χ0v) is 11.7. The van der Waals surface area contributed by atoms with Crippen LogP contribution in [0.4, 0.5) is 5.69 Å². The standard InChI is InChI=1S/C15H23NO3/c1-3-5-8-19-11-13(4-2)16-14-7-6-12(10-17)15(18)9-14/h6-7,9-10,13,16,18H,3-5,8,11H2,1-2H3. The molecule has 0 aliphatic rings. The van der Waals surface area contributed by atoms with Crippen LogP contribution in [0.2, 0.25) is 0 Å². The molecule has 0 aromatic heterocycles. The van der Waals surface area contributed by atoms with Gasteiger partial charge in [0.1, 0.15) is 5.75 Å². The molecule has 0 spiro atoms. The maximum atomic E-state index is 10.6. The van der Waals surface area contributed by atoms with Gasteiger partial charge in [0.05, 0.1) is 12.2 Å². The molecule has 0 heterocycles. The smallest absolute Gasteiger partial charge is 0.153 e. The van der Waals surface area contributed by atoms with Crippen LogP contribution in [0.25, 0.3) is 0 Å². The van der Waals surface area contributed by atoms with Crippen molar-refractivity contribution in [3.63, 3.8) is 0 Å². The molecule has 0 saturated carbocycles. The molecule has 2 N–H and O–H groups in total. The largest absolute Gasteiger partial charge is 0.507 e.